The maximum absolute atomic E-state index is 12.6. The van der Waals surface area contributed by atoms with Gasteiger partial charge in [-0.15, -0.1) is 0 Å². The van der Waals surface area contributed by atoms with Gasteiger partial charge >= 0.3 is 6.18 Å². The third-order valence-corrected chi connectivity index (χ3v) is 5.27. The van der Waals surface area contributed by atoms with Crippen LogP contribution in [0.2, 0.25) is 0 Å². The lowest BCUT2D eigenvalue weighted by molar-refractivity contribution is -0.137. The molecule has 2 nitrogen and oxygen atoms in total. The molecule has 4 atom stereocenters. The molecule has 1 aromatic carbocycles. The van der Waals surface area contributed by atoms with E-state index < -0.39 is 11.7 Å². The molecule has 1 aliphatic heterocycles. The number of halogens is 3. The average Bonchev–Trinajstić information content (AvgIpc) is 2.90. The lowest BCUT2D eigenvalue weighted by atomic mass is 9.57. The van der Waals surface area contributed by atoms with E-state index in [1.165, 1.54) is 0 Å². The zero-order chi connectivity index (χ0) is 16.1. The van der Waals surface area contributed by atoms with Gasteiger partial charge in [0.2, 0.25) is 0 Å². The third-order valence-electron chi connectivity index (χ3n) is 5.27. The van der Waals surface area contributed by atoms with Gasteiger partial charge in [-0.25, -0.2) is 0 Å². The lowest BCUT2D eigenvalue weighted by Crippen LogP contribution is -2.66. The maximum Gasteiger partial charge on any atom is 0.416 e. The van der Waals surface area contributed by atoms with Crippen LogP contribution in [0.3, 0.4) is 0 Å². The van der Waals surface area contributed by atoms with E-state index in [4.69, 9.17) is 4.74 Å². The molecule has 1 saturated heterocycles. The van der Waals surface area contributed by atoms with Crippen LogP contribution in [-0.4, -0.2) is 18.8 Å². The molecule has 0 radical (unpaired) electrons. The van der Waals surface area contributed by atoms with Gasteiger partial charge in [0.15, 0.2) is 0 Å². The van der Waals surface area contributed by atoms with Crippen molar-refractivity contribution in [1.82, 2.24) is 5.32 Å². The van der Waals surface area contributed by atoms with Crippen LogP contribution in [0.25, 0.3) is 0 Å². The first kappa shape index (κ1) is 15.8. The van der Waals surface area contributed by atoms with Gasteiger partial charge in [-0.1, -0.05) is 26.0 Å². The molecule has 22 heavy (non-hydrogen) atoms. The van der Waals surface area contributed by atoms with Crippen molar-refractivity contribution in [2.45, 2.75) is 51.6 Å². The summed E-state index contributed by atoms with van der Waals surface area (Å²) in [5, 5.41) is 3.59. The van der Waals surface area contributed by atoms with Crippen molar-refractivity contribution in [2.75, 3.05) is 6.61 Å². The van der Waals surface area contributed by atoms with Gasteiger partial charge in [-0.05, 0) is 31.0 Å². The smallest absolute Gasteiger partial charge is 0.377 e. The Balaban J connectivity index is 1.68. The Bertz CT molecular complexity index is 538. The van der Waals surface area contributed by atoms with Gasteiger partial charge in [0, 0.05) is 30.0 Å². The third kappa shape index (κ3) is 2.54. The van der Waals surface area contributed by atoms with Gasteiger partial charge in [0.25, 0.3) is 0 Å². The molecule has 122 valence electrons. The Labute approximate surface area is 129 Å². The SMILES string of the molecule is C[C@H](N[C@@H]1[C@H]2CCO[C@H]2C1(C)C)c1ccc(C(F)(F)F)cc1. The molecule has 1 N–H and O–H groups in total. The zero-order valence-corrected chi connectivity index (χ0v) is 13.1. The summed E-state index contributed by atoms with van der Waals surface area (Å²) < 4.78 is 43.6. The van der Waals surface area contributed by atoms with Crippen LogP contribution in [-0.2, 0) is 10.9 Å². The van der Waals surface area contributed by atoms with Crippen molar-refractivity contribution >= 4 is 0 Å². The highest BCUT2D eigenvalue weighted by Crippen LogP contribution is 2.52. The number of hydrogen-bond acceptors (Lipinski definition) is 2. The molecule has 1 aromatic rings. The molecule has 5 heteroatoms. The molecule has 1 heterocycles. The number of rotatable bonds is 3. The van der Waals surface area contributed by atoms with Crippen molar-refractivity contribution in [3.8, 4) is 0 Å². The van der Waals surface area contributed by atoms with Crippen LogP contribution in [0, 0.1) is 11.3 Å². The molecule has 3 rings (SSSR count). The highest BCUT2D eigenvalue weighted by Gasteiger charge is 2.59. The zero-order valence-electron chi connectivity index (χ0n) is 13.1. The average molecular weight is 313 g/mol. The maximum atomic E-state index is 12.6. The van der Waals surface area contributed by atoms with E-state index in [-0.39, 0.29) is 11.5 Å². The van der Waals surface area contributed by atoms with Crippen LogP contribution in [0.15, 0.2) is 24.3 Å². The van der Waals surface area contributed by atoms with E-state index >= 15 is 0 Å². The van der Waals surface area contributed by atoms with Gasteiger partial charge in [-0.3, -0.25) is 0 Å². The fourth-order valence-electron chi connectivity index (χ4n) is 3.99. The van der Waals surface area contributed by atoms with E-state index in [0.717, 1.165) is 30.7 Å². The standard InChI is InChI=1S/C17H22F3NO/c1-10(11-4-6-12(7-5-11)17(18,19)20)21-14-13-8-9-22-15(13)16(14,2)3/h4-7,10,13-15,21H,8-9H2,1-3H3/t10-,13+,14+,15+/m0/s1. The minimum Gasteiger partial charge on any atom is -0.377 e. The summed E-state index contributed by atoms with van der Waals surface area (Å²) in [5.41, 5.74) is 0.351. The fourth-order valence-corrected chi connectivity index (χ4v) is 3.99. The molecule has 0 unspecified atom stereocenters. The number of alkyl halides is 3. The van der Waals surface area contributed by atoms with E-state index in [1.807, 2.05) is 6.92 Å². The van der Waals surface area contributed by atoms with E-state index in [1.54, 1.807) is 12.1 Å². The van der Waals surface area contributed by atoms with Crippen molar-refractivity contribution in [3.05, 3.63) is 35.4 Å². The largest absolute Gasteiger partial charge is 0.416 e. The second-order valence-corrected chi connectivity index (χ2v) is 7.05. The first-order valence-corrected chi connectivity index (χ1v) is 7.76. The molecule has 2 fully saturated rings. The minimum atomic E-state index is -4.28. The van der Waals surface area contributed by atoms with Crippen LogP contribution < -0.4 is 5.32 Å². The molecular weight excluding hydrogens is 291 g/mol. The Morgan fingerprint density at radius 2 is 1.86 bits per heavy atom. The van der Waals surface area contributed by atoms with Crippen molar-refractivity contribution in [2.24, 2.45) is 11.3 Å². The van der Waals surface area contributed by atoms with Crippen molar-refractivity contribution < 1.29 is 17.9 Å². The summed E-state index contributed by atoms with van der Waals surface area (Å²) in [6, 6.07) is 5.80. The lowest BCUT2D eigenvalue weighted by Gasteiger charge is -2.55. The number of benzene rings is 1. The molecule has 2 aliphatic rings. The van der Waals surface area contributed by atoms with Gasteiger partial charge in [0.05, 0.1) is 11.7 Å². The quantitative estimate of drug-likeness (QED) is 0.904. The summed E-state index contributed by atoms with van der Waals surface area (Å²) in [5.74, 6) is 0.520. The first-order chi connectivity index (χ1) is 10.2. The number of hydrogen-bond donors (Lipinski definition) is 1. The van der Waals surface area contributed by atoms with E-state index in [9.17, 15) is 13.2 Å². The van der Waals surface area contributed by atoms with Crippen LogP contribution in [0.1, 0.15) is 44.4 Å². The molecular formula is C17H22F3NO. The van der Waals surface area contributed by atoms with Crippen LogP contribution >= 0.6 is 0 Å². The Kier molecular flexibility index (Phi) is 3.76. The van der Waals surface area contributed by atoms with Crippen molar-refractivity contribution in [1.29, 1.82) is 0 Å². The summed E-state index contributed by atoms with van der Waals surface area (Å²) in [7, 11) is 0. The highest BCUT2D eigenvalue weighted by molar-refractivity contribution is 5.27. The van der Waals surface area contributed by atoms with Crippen LogP contribution in [0.4, 0.5) is 13.2 Å². The van der Waals surface area contributed by atoms with Crippen LogP contribution in [0.5, 0.6) is 0 Å². The summed E-state index contributed by atoms with van der Waals surface area (Å²) in [4.78, 5) is 0. The molecule has 0 amide bonds. The number of ether oxygens (including phenoxy) is 1. The molecule has 1 aliphatic carbocycles. The summed E-state index contributed by atoms with van der Waals surface area (Å²) in [6.07, 6.45) is -2.91. The molecule has 0 aromatic heterocycles. The predicted octanol–water partition coefficient (Wildman–Crippen LogP) is 4.17. The van der Waals surface area contributed by atoms with E-state index in [0.29, 0.717) is 18.1 Å². The summed E-state index contributed by atoms with van der Waals surface area (Å²) >= 11 is 0. The molecule has 0 bridgehead atoms. The Morgan fingerprint density at radius 1 is 1.23 bits per heavy atom. The number of fused-ring (bicyclic) bond motifs is 1. The predicted molar refractivity (Wildman–Crippen MR) is 78.4 cm³/mol. The minimum absolute atomic E-state index is 0.0214. The number of nitrogens with one attached hydrogen (secondary N) is 1. The second kappa shape index (κ2) is 5.24. The van der Waals surface area contributed by atoms with E-state index in [2.05, 4.69) is 19.2 Å². The topological polar surface area (TPSA) is 21.3 Å². The summed E-state index contributed by atoms with van der Waals surface area (Å²) in [6.45, 7) is 7.20. The highest BCUT2D eigenvalue weighted by atomic mass is 19.4. The monoisotopic (exact) mass is 313 g/mol. The second-order valence-electron chi connectivity index (χ2n) is 7.05. The first-order valence-electron chi connectivity index (χ1n) is 7.76. The Hall–Kier alpha value is -1.07. The van der Waals surface area contributed by atoms with Gasteiger partial charge in [-0.2, -0.15) is 13.2 Å². The van der Waals surface area contributed by atoms with Crippen molar-refractivity contribution in [3.63, 3.8) is 0 Å². The van der Waals surface area contributed by atoms with Gasteiger partial charge < -0.3 is 10.1 Å². The van der Waals surface area contributed by atoms with Gasteiger partial charge in [0.1, 0.15) is 0 Å². The normalized spacial score (nSPS) is 31.5. The fraction of sp³-hybridized carbons (Fsp3) is 0.647. The molecule has 0 spiro atoms. The molecule has 1 saturated carbocycles. The Morgan fingerprint density at radius 3 is 2.45 bits per heavy atom.